The van der Waals surface area contributed by atoms with E-state index in [4.69, 9.17) is 4.74 Å². The van der Waals surface area contributed by atoms with E-state index in [1.165, 1.54) is 60.7 Å². The third-order valence-electron chi connectivity index (χ3n) is 7.81. The summed E-state index contributed by atoms with van der Waals surface area (Å²) in [7, 11) is 1.43. The number of benzene rings is 1. The van der Waals surface area contributed by atoms with Gasteiger partial charge in [0.05, 0.1) is 23.5 Å². The van der Waals surface area contributed by atoms with Crippen molar-refractivity contribution in [1.82, 2.24) is 19.8 Å². The minimum atomic E-state index is -4.58. The molecule has 1 unspecified atom stereocenters. The fourth-order valence-electron chi connectivity index (χ4n) is 5.70. The molecule has 42 heavy (non-hydrogen) atoms. The summed E-state index contributed by atoms with van der Waals surface area (Å²) in [6.45, 7) is 8.43. The number of thiazole rings is 1. The van der Waals surface area contributed by atoms with E-state index in [9.17, 15) is 26.7 Å². The van der Waals surface area contributed by atoms with Crippen LogP contribution in [0.1, 0.15) is 57.2 Å². The molecule has 0 aliphatic carbocycles. The van der Waals surface area contributed by atoms with Gasteiger partial charge in [0.15, 0.2) is 0 Å². The Labute approximate surface area is 247 Å². The van der Waals surface area contributed by atoms with Crippen LogP contribution in [0.3, 0.4) is 0 Å². The molecule has 0 spiro atoms. The Hall–Kier alpha value is -2.90. The first-order valence-electron chi connectivity index (χ1n) is 14.0. The highest BCUT2D eigenvalue weighted by atomic mass is 32.1. The largest absolute Gasteiger partial charge is 0.408 e. The molecule has 13 heteroatoms. The van der Waals surface area contributed by atoms with Crippen molar-refractivity contribution in [2.24, 2.45) is 5.92 Å². The lowest BCUT2D eigenvalue weighted by Crippen LogP contribution is -2.51. The number of likely N-dealkylation sites (N-methyl/N-ethyl adjacent to an activating group) is 1. The fourth-order valence-corrected chi connectivity index (χ4v) is 6.49. The highest BCUT2D eigenvalue weighted by molar-refractivity contribution is 7.18. The second-order valence-corrected chi connectivity index (χ2v) is 11.5. The number of nitrogens with zero attached hydrogens (tertiary/aromatic N) is 4. The monoisotopic (exact) mass is 615 g/mol. The van der Waals surface area contributed by atoms with E-state index in [1.807, 2.05) is 13.8 Å². The maximum absolute atomic E-state index is 14.5. The summed E-state index contributed by atoms with van der Waals surface area (Å²) >= 11 is 1.30. The second-order valence-electron chi connectivity index (χ2n) is 10.3. The van der Waals surface area contributed by atoms with Crippen LogP contribution in [0.2, 0.25) is 0 Å². The number of hydrogen-bond acceptors (Lipinski definition) is 7. The van der Waals surface area contributed by atoms with E-state index in [0.29, 0.717) is 58.2 Å². The molecule has 3 aromatic rings. The molecule has 2 fully saturated rings. The van der Waals surface area contributed by atoms with Crippen molar-refractivity contribution in [2.45, 2.75) is 71.3 Å². The van der Waals surface area contributed by atoms with Gasteiger partial charge >= 0.3 is 6.18 Å². The number of alkyl halides is 5. The first kappa shape index (κ1) is 32.0. The standard InChI is InChI=1S/C27H30F5N5O2S.C2H6.H2/c1-15-34-23-20(12-22(28)29)21(13-33-25(23)40-15)35-19-6-4-17(5-7-19)24(27(30,31)32)36(3)26(14-39-26)18-8-10-37(11-9-18)16(2)38;1-2;/h4-7,13,18,22,24,35H,8-12,14H2,1-3H3;1-2H3;1H/t24-,26?;;/m0../s1. The maximum Gasteiger partial charge on any atom is 0.408 e. The van der Waals surface area contributed by atoms with Crippen LogP contribution in [-0.4, -0.2) is 70.7 Å². The smallest absolute Gasteiger partial charge is 0.354 e. The number of rotatable bonds is 8. The number of nitrogens with one attached hydrogen (secondary N) is 1. The number of aryl methyl sites for hydroxylation is 1. The Kier molecular flexibility index (Phi) is 9.73. The van der Waals surface area contributed by atoms with Crippen molar-refractivity contribution in [3.63, 3.8) is 0 Å². The molecule has 2 aliphatic rings. The topological polar surface area (TPSA) is 73.9 Å². The summed E-state index contributed by atoms with van der Waals surface area (Å²) < 4.78 is 75.9. The first-order valence-corrected chi connectivity index (χ1v) is 14.8. The van der Waals surface area contributed by atoms with Crippen molar-refractivity contribution in [2.75, 3.05) is 32.1 Å². The van der Waals surface area contributed by atoms with E-state index < -0.39 is 30.8 Å². The van der Waals surface area contributed by atoms with Gasteiger partial charge in [-0.1, -0.05) is 37.3 Å². The number of piperidine rings is 1. The molecular weight excluding hydrogens is 577 g/mol. The van der Waals surface area contributed by atoms with Gasteiger partial charge < -0.3 is 15.0 Å². The Bertz CT molecular complexity index is 1380. The van der Waals surface area contributed by atoms with E-state index in [1.54, 1.807) is 11.8 Å². The normalized spacial score (nSPS) is 20.0. The molecule has 2 atom stereocenters. The predicted octanol–water partition coefficient (Wildman–Crippen LogP) is 7.34. The summed E-state index contributed by atoms with van der Waals surface area (Å²) in [5.74, 6) is -0.179. The second kappa shape index (κ2) is 12.8. The molecule has 1 N–H and O–H groups in total. The minimum absolute atomic E-state index is 0. The van der Waals surface area contributed by atoms with E-state index in [-0.39, 0.29) is 25.4 Å². The molecule has 0 radical (unpaired) electrons. The van der Waals surface area contributed by atoms with Crippen molar-refractivity contribution >= 4 is 39.0 Å². The predicted molar refractivity (Wildman–Crippen MR) is 155 cm³/mol. The Morgan fingerprint density at radius 3 is 2.38 bits per heavy atom. The number of carbonyl (C=O) groups excluding carboxylic acids is 1. The number of hydrogen-bond donors (Lipinski definition) is 1. The highest BCUT2D eigenvalue weighted by Gasteiger charge is 2.61. The zero-order chi connectivity index (χ0) is 30.8. The van der Waals surface area contributed by atoms with E-state index in [0.717, 1.165) is 0 Å². The number of fused-ring (bicyclic) bond motifs is 1. The van der Waals surface area contributed by atoms with Gasteiger partial charge in [-0.2, -0.15) is 13.2 Å². The summed E-state index contributed by atoms with van der Waals surface area (Å²) in [4.78, 5) is 23.9. The Morgan fingerprint density at radius 1 is 1.24 bits per heavy atom. The number of likely N-dealkylation sites (tertiary alicyclic amines) is 1. The van der Waals surface area contributed by atoms with Gasteiger partial charge in [-0.3, -0.25) is 9.69 Å². The number of epoxide rings is 1. The molecule has 0 saturated carbocycles. The van der Waals surface area contributed by atoms with Gasteiger partial charge in [0.2, 0.25) is 12.3 Å². The average molecular weight is 616 g/mol. The van der Waals surface area contributed by atoms with Gasteiger partial charge in [0.25, 0.3) is 0 Å². The van der Waals surface area contributed by atoms with Crippen molar-refractivity contribution in [3.8, 4) is 0 Å². The van der Waals surface area contributed by atoms with Gasteiger partial charge in [-0.05, 0) is 44.5 Å². The summed E-state index contributed by atoms with van der Waals surface area (Å²) in [6, 6.07) is 3.85. The van der Waals surface area contributed by atoms with E-state index >= 15 is 0 Å². The number of ether oxygens (including phenoxy) is 1. The number of pyridine rings is 1. The zero-order valence-corrected chi connectivity index (χ0v) is 25.1. The van der Waals surface area contributed by atoms with Crippen LogP contribution in [0.4, 0.5) is 33.3 Å². The number of aromatic nitrogens is 2. The van der Waals surface area contributed by atoms with Crippen LogP contribution in [0.5, 0.6) is 0 Å². The van der Waals surface area contributed by atoms with Crippen LogP contribution >= 0.6 is 11.3 Å². The molecule has 232 valence electrons. The lowest BCUT2D eigenvalue weighted by atomic mass is 9.87. The number of amides is 1. The first-order chi connectivity index (χ1) is 19.9. The summed E-state index contributed by atoms with van der Waals surface area (Å²) in [5.41, 5.74) is 0.462. The van der Waals surface area contributed by atoms with Crippen LogP contribution in [-0.2, 0) is 16.0 Å². The summed E-state index contributed by atoms with van der Waals surface area (Å²) in [5, 5.41) is 3.74. The maximum atomic E-state index is 14.5. The van der Waals surface area contributed by atoms with Gasteiger partial charge in [-0.25, -0.2) is 18.7 Å². The van der Waals surface area contributed by atoms with Gasteiger partial charge in [0.1, 0.15) is 22.1 Å². The third kappa shape index (κ3) is 6.68. The Balaban J connectivity index is 0.00000165. The third-order valence-corrected chi connectivity index (χ3v) is 8.69. The molecule has 5 rings (SSSR count). The molecule has 4 heterocycles. The Morgan fingerprint density at radius 2 is 1.86 bits per heavy atom. The van der Waals surface area contributed by atoms with Crippen molar-refractivity contribution < 1.29 is 32.9 Å². The molecule has 1 aromatic carbocycles. The van der Waals surface area contributed by atoms with Gasteiger partial charge in [0, 0.05) is 45.0 Å². The zero-order valence-electron chi connectivity index (χ0n) is 24.3. The SMILES string of the molecule is CC.CC(=O)N1CCC(C2(N(C)[C@@H](c3ccc(Nc4cnc5sc(C)nc5c4CC(F)F)cc3)C(F)(F)F)CO2)CC1.[HH]. The van der Waals surface area contributed by atoms with Crippen LogP contribution in [0.15, 0.2) is 30.5 Å². The number of halogens is 5. The fraction of sp³-hybridized carbons (Fsp3) is 0.552. The molecule has 7 nitrogen and oxygen atoms in total. The number of anilines is 2. The van der Waals surface area contributed by atoms with Crippen LogP contribution < -0.4 is 5.32 Å². The molecule has 0 bridgehead atoms. The molecular formula is C29H38F5N5O2S. The average Bonchev–Trinajstić information content (AvgIpc) is 3.67. The molecule has 1 amide bonds. The van der Waals surface area contributed by atoms with Crippen molar-refractivity contribution in [3.05, 3.63) is 46.6 Å². The molecule has 2 aromatic heterocycles. The van der Waals surface area contributed by atoms with Crippen LogP contribution in [0, 0.1) is 12.8 Å². The highest BCUT2D eigenvalue weighted by Crippen LogP contribution is 2.50. The lowest BCUT2D eigenvalue weighted by Gasteiger charge is -2.41. The minimum Gasteiger partial charge on any atom is -0.354 e. The quantitative estimate of drug-likeness (QED) is 0.211. The molecule has 2 aliphatic heterocycles. The lowest BCUT2D eigenvalue weighted by molar-refractivity contribution is -0.203. The van der Waals surface area contributed by atoms with Crippen molar-refractivity contribution in [1.29, 1.82) is 0 Å². The van der Waals surface area contributed by atoms with E-state index in [2.05, 4.69) is 15.3 Å². The summed E-state index contributed by atoms with van der Waals surface area (Å²) in [6.07, 6.45) is -5.14. The molecule has 2 saturated heterocycles. The number of carbonyl (C=O) groups is 1. The van der Waals surface area contributed by atoms with Gasteiger partial charge in [-0.15, -0.1) is 0 Å². The van der Waals surface area contributed by atoms with Crippen LogP contribution in [0.25, 0.3) is 10.3 Å².